The first-order chi connectivity index (χ1) is 30.7. The van der Waals surface area contributed by atoms with Crippen molar-refractivity contribution in [3.63, 3.8) is 0 Å². The average molecular weight is 796 g/mol. The molecule has 0 bridgehead atoms. The Labute approximate surface area is 362 Å². The molecule has 294 valence electrons. The highest BCUT2D eigenvalue weighted by Gasteiger charge is 2.17. The van der Waals surface area contributed by atoms with Crippen molar-refractivity contribution in [1.82, 2.24) is 15.0 Å². The summed E-state index contributed by atoms with van der Waals surface area (Å²) in [5.41, 5.74) is 19.1. The summed E-state index contributed by atoms with van der Waals surface area (Å²) in [5.74, 6) is 0.804. The Kier molecular flexibility index (Phi) is 10.5. The van der Waals surface area contributed by atoms with Crippen molar-refractivity contribution < 1.29 is 4.74 Å². The first kappa shape index (κ1) is 38.0. The molecule has 0 unspecified atom stereocenters. The van der Waals surface area contributed by atoms with Crippen LogP contribution >= 0.6 is 0 Å². The Balaban J connectivity index is 1.11. The van der Waals surface area contributed by atoms with Gasteiger partial charge in [0.2, 0.25) is 0 Å². The highest BCUT2D eigenvalue weighted by Crippen LogP contribution is 2.42. The smallest absolute Gasteiger partial charge is 0.119 e. The third-order valence-electron chi connectivity index (χ3n) is 11.4. The fraction of sp³-hybridized carbons (Fsp3) is 0.0172. The number of nitrogens with zero attached hydrogens (tertiary/aromatic N) is 3. The number of pyridine rings is 3. The number of rotatable bonds is 10. The van der Waals surface area contributed by atoms with Crippen LogP contribution in [0.15, 0.2) is 231 Å². The van der Waals surface area contributed by atoms with Crippen LogP contribution < -0.4 is 4.74 Å². The lowest BCUT2D eigenvalue weighted by Crippen LogP contribution is -1.93. The van der Waals surface area contributed by atoms with Gasteiger partial charge in [-0.2, -0.15) is 0 Å². The molecule has 10 rings (SSSR count). The van der Waals surface area contributed by atoms with Crippen LogP contribution in [0.3, 0.4) is 0 Å². The number of hydrogen-bond acceptors (Lipinski definition) is 4. The summed E-state index contributed by atoms with van der Waals surface area (Å²) in [6.07, 6.45) is 5.96. The Bertz CT molecular complexity index is 2980. The number of ether oxygens (including phenoxy) is 1. The third kappa shape index (κ3) is 7.81. The van der Waals surface area contributed by atoms with Crippen molar-refractivity contribution in [2.24, 2.45) is 0 Å². The van der Waals surface area contributed by atoms with E-state index < -0.39 is 0 Å². The first-order valence-electron chi connectivity index (χ1n) is 20.8. The Morgan fingerprint density at radius 2 is 0.581 bits per heavy atom. The monoisotopic (exact) mass is 795 g/mol. The number of hydrogen-bond donors (Lipinski definition) is 0. The van der Waals surface area contributed by atoms with Crippen LogP contribution in [0.5, 0.6) is 5.75 Å². The fourth-order valence-corrected chi connectivity index (χ4v) is 8.23. The van der Waals surface area contributed by atoms with Crippen LogP contribution in [-0.4, -0.2) is 22.1 Å². The second kappa shape index (κ2) is 17.2. The van der Waals surface area contributed by atoms with E-state index in [1.165, 1.54) is 0 Å². The van der Waals surface area contributed by atoms with Crippen molar-refractivity contribution >= 4 is 0 Å². The van der Waals surface area contributed by atoms with E-state index in [0.29, 0.717) is 0 Å². The molecule has 4 nitrogen and oxygen atoms in total. The Morgan fingerprint density at radius 3 is 0.919 bits per heavy atom. The molecular formula is C58H41N3O. The van der Waals surface area contributed by atoms with Crippen LogP contribution in [0.1, 0.15) is 0 Å². The molecule has 3 heterocycles. The van der Waals surface area contributed by atoms with Gasteiger partial charge in [0.1, 0.15) is 5.75 Å². The van der Waals surface area contributed by atoms with E-state index in [1.54, 1.807) is 7.11 Å². The molecule has 0 saturated heterocycles. The second-order valence-corrected chi connectivity index (χ2v) is 15.2. The lowest BCUT2D eigenvalue weighted by Gasteiger charge is -2.18. The topological polar surface area (TPSA) is 47.9 Å². The van der Waals surface area contributed by atoms with Crippen molar-refractivity contribution in [1.29, 1.82) is 0 Å². The molecular weight excluding hydrogens is 755 g/mol. The lowest BCUT2D eigenvalue weighted by atomic mass is 9.86. The van der Waals surface area contributed by atoms with Crippen LogP contribution in [0.25, 0.3) is 101 Å². The average Bonchev–Trinajstić information content (AvgIpc) is 3.37. The maximum absolute atomic E-state index is 5.49. The van der Waals surface area contributed by atoms with Gasteiger partial charge in [0.15, 0.2) is 0 Å². The number of methoxy groups -OCH3 is 1. The molecule has 0 N–H and O–H groups in total. The van der Waals surface area contributed by atoms with Gasteiger partial charge in [-0.05, 0) is 98.6 Å². The van der Waals surface area contributed by atoms with Gasteiger partial charge in [-0.15, -0.1) is 0 Å². The summed E-state index contributed by atoms with van der Waals surface area (Å²) in [6, 6.07) is 74.3. The van der Waals surface area contributed by atoms with Gasteiger partial charge < -0.3 is 4.74 Å². The first-order valence-corrected chi connectivity index (χ1v) is 20.8. The van der Waals surface area contributed by atoms with Crippen LogP contribution in [0.2, 0.25) is 0 Å². The molecule has 0 amide bonds. The minimum atomic E-state index is 0.804. The van der Waals surface area contributed by atoms with Crippen LogP contribution in [0.4, 0.5) is 0 Å². The fourth-order valence-electron chi connectivity index (χ4n) is 8.23. The van der Waals surface area contributed by atoms with E-state index in [1.807, 2.05) is 73.2 Å². The zero-order valence-corrected chi connectivity index (χ0v) is 34.2. The molecule has 0 atom stereocenters. The van der Waals surface area contributed by atoms with Gasteiger partial charge in [-0.3, -0.25) is 15.0 Å². The van der Waals surface area contributed by atoms with Crippen molar-refractivity contribution in [3.05, 3.63) is 231 Å². The van der Waals surface area contributed by atoms with E-state index in [0.717, 1.165) is 106 Å². The molecule has 10 aromatic rings. The van der Waals surface area contributed by atoms with Crippen molar-refractivity contribution in [2.45, 2.75) is 0 Å². The predicted octanol–water partition coefficient (Wildman–Crippen LogP) is 14.9. The van der Waals surface area contributed by atoms with Crippen LogP contribution in [0, 0.1) is 0 Å². The minimum Gasteiger partial charge on any atom is -0.497 e. The van der Waals surface area contributed by atoms with E-state index in [2.05, 4.69) is 158 Å². The largest absolute Gasteiger partial charge is 0.497 e. The SMILES string of the molecule is COc1cccc(-c2ccc(-c3ccccc3-c3cc(-c4ccccc4-c4ccc(-c5ccccc5)nc4)cc(-c4ccccc4-c4ccc(-c5ccccc5)nc4)c3)cn2)c1. The molecule has 0 radical (unpaired) electrons. The van der Waals surface area contributed by atoms with Crippen LogP contribution in [-0.2, 0) is 0 Å². The second-order valence-electron chi connectivity index (χ2n) is 15.2. The summed E-state index contributed by atoms with van der Waals surface area (Å²) in [5, 5.41) is 0. The summed E-state index contributed by atoms with van der Waals surface area (Å²) >= 11 is 0. The maximum atomic E-state index is 5.49. The highest BCUT2D eigenvalue weighted by atomic mass is 16.5. The van der Waals surface area contributed by atoms with Gasteiger partial charge in [0.05, 0.1) is 24.2 Å². The normalized spacial score (nSPS) is 11.0. The number of aromatic nitrogens is 3. The molecule has 0 fully saturated rings. The third-order valence-corrected chi connectivity index (χ3v) is 11.4. The maximum Gasteiger partial charge on any atom is 0.119 e. The van der Waals surface area contributed by atoms with E-state index in [-0.39, 0.29) is 0 Å². The molecule has 4 heteroatoms. The quantitative estimate of drug-likeness (QED) is 0.138. The standard InChI is InChI=1S/C58H41N3O/c1-62-49-20-14-19-42(36-49)58-32-29-45(39-61-58)52-23-10-13-26-55(52)48-34-46(53-24-11-8-21-50(53)43-27-30-56(59-37-43)40-15-4-2-5-16-40)33-47(35-48)54-25-12-9-22-51(54)44-28-31-57(60-38-44)41-17-6-3-7-18-41/h2-39H,1H3. The van der Waals surface area contributed by atoms with Gasteiger partial charge in [-0.1, -0.05) is 164 Å². The van der Waals surface area contributed by atoms with Gasteiger partial charge >= 0.3 is 0 Å². The van der Waals surface area contributed by atoms with E-state index in [4.69, 9.17) is 19.7 Å². The van der Waals surface area contributed by atoms with Gasteiger partial charge in [0, 0.05) is 52.0 Å². The van der Waals surface area contributed by atoms with Crippen molar-refractivity contribution in [3.8, 4) is 106 Å². The molecule has 0 aliphatic rings. The zero-order chi connectivity index (χ0) is 41.7. The molecule has 7 aromatic carbocycles. The summed E-state index contributed by atoms with van der Waals surface area (Å²) < 4.78 is 5.49. The predicted molar refractivity (Wildman–Crippen MR) is 255 cm³/mol. The molecule has 0 saturated carbocycles. The van der Waals surface area contributed by atoms with E-state index >= 15 is 0 Å². The Morgan fingerprint density at radius 1 is 0.258 bits per heavy atom. The molecule has 0 aliphatic heterocycles. The van der Waals surface area contributed by atoms with Gasteiger partial charge in [0.25, 0.3) is 0 Å². The highest BCUT2D eigenvalue weighted by molar-refractivity contribution is 5.94. The summed E-state index contributed by atoms with van der Waals surface area (Å²) in [6.45, 7) is 0. The lowest BCUT2D eigenvalue weighted by molar-refractivity contribution is 0.415. The zero-order valence-electron chi connectivity index (χ0n) is 34.2. The van der Waals surface area contributed by atoms with Crippen molar-refractivity contribution in [2.75, 3.05) is 7.11 Å². The summed E-state index contributed by atoms with van der Waals surface area (Å²) in [7, 11) is 1.69. The molecule has 3 aromatic heterocycles. The number of benzene rings is 7. The Hall–Kier alpha value is -8.21. The summed E-state index contributed by atoms with van der Waals surface area (Å²) in [4.78, 5) is 14.8. The molecule has 0 spiro atoms. The minimum absolute atomic E-state index is 0.804. The van der Waals surface area contributed by atoms with Gasteiger partial charge in [-0.25, -0.2) is 0 Å². The molecule has 62 heavy (non-hydrogen) atoms. The molecule has 0 aliphatic carbocycles. The van der Waals surface area contributed by atoms with E-state index in [9.17, 15) is 0 Å².